The van der Waals surface area contributed by atoms with Crippen molar-refractivity contribution < 1.29 is 14.3 Å². The molecule has 1 rings (SSSR count). The lowest BCUT2D eigenvalue weighted by atomic mass is 10.2. The van der Waals surface area contributed by atoms with Gasteiger partial charge in [-0.15, -0.1) is 0 Å². The monoisotopic (exact) mass is 298 g/mol. The number of rotatable bonds is 5. The normalized spacial score (nSPS) is 11.6. The van der Waals surface area contributed by atoms with E-state index < -0.39 is 0 Å². The van der Waals surface area contributed by atoms with Gasteiger partial charge in [0.15, 0.2) is 0 Å². The maximum absolute atomic E-state index is 12.2. The molecular weight excluding hydrogens is 280 g/mol. The fourth-order valence-corrected chi connectivity index (χ4v) is 1.94. The van der Waals surface area contributed by atoms with Gasteiger partial charge in [-0.1, -0.05) is 11.6 Å². The standard InChI is InChI=1S/C14H19ClN2O3/c1-4-17(10(2)9-13(18)20-3)14(19)16-12-7-5-11(15)6-8-12/h5-8,10H,4,9H2,1-3H3,(H,16,19). The minimum atomic E-state index is -0.338. The van der Waals surface area contributed by atoms with Crippen LogP contribution >= 0.6 is 11.6 Å². The van der Waals surface area contributed by atoms with Gasteiger partial charge in [-0.25, -0.2) is 4.79 Å². The van der Waals surface area contributed by atoms with Crippen molar-refractivity contribution in [3.8, 4) is 0 Å². The number of nitrogens with zero attached hydrogens (tertiary/aromatic N) is 1. The summed E-state index contributed by atoms with van der Waals surface area (Å²) in [6.07, 6.45) is 0.165. The number of methoxy groups -OCH3 is 1. The molecule has 20 heavy (non-hydrogen) atoms. The first-order chi connectivity index (χ1) is 9.47. The second-order valence-electron chi connectivity index (χ2n) is 4.35. The second-order valence-corrected chi connectivity index (χ2v) is 4.79. The lowest BCUT2D eigenvalue weighted by Crippen LogP contribution is -2.42. The number of hydrogen-bond acceptors (Lipinski definition) is 3. The van der Waals surface area contributed by atoms with Crippen molar-refractivity contribution in [3.05, 3.63) is 29.3 Å². The molecule has 0 aromatic heterocycles. The maximum Gasteiger partial charge on any atom is 0.322 e. The van der Waals surface area contributed by atoms with E-state index in [9.17, 15) is 9.59 Å². The van der Waals surface area contributed by atoms with Crippen molar-refractivity contribution in [1.82, 2.24) is 4.90 Å². The van der Waals surface area contributed by atoms with Crippen LogP contribution in [0.5, 0.6) is 0 Å². The number of hydrogen-bond donors (Lipinski definition) is 1. The number of esters is 1. The molecule has 6 heteroatoms. The molecule has 0 aliphatic rings. The first kappa shape index (κ1) is 16.3. The number of benzene rings is 1. The molecule has 1 N–H and O–H groups in total. The topological polar surface area (TPSA) is 58.6 Å². The lowest BCUT2D eigenvalue weighted by Gasteiger charge is -2.27. The Balaban J connectivity index is 2.66. The van der Waals surface area contributed by atoms with E-state index in [-0.39, 0.29) is 24.5 Å². The fraction of sp³-hybridized carbons (Fsp3) is 0.429. The SMILES string of the molecule is CCN(C(=O)Nc1ccc(Cl)cc1)C(C)CC(=O)OC. The van der Waals surface area contributed by atoms with Gasteiger partial charge < -0.3 is 15.0 Å². The zero-order valence-corrected chi connectivity index (χ0v) is 12.6. The molecule has 1 aromatic rings. The van der Waals surface area contributed by atoms with Crippen LogP contribution in [0.1, 0.15) is 20.3 Å². The van der Waals surface area contributed by atoms with Crippen molar-refractivity contribution in [2.75, 3.05) is 19.0 Å². The van der Waals surface area contributed by atoms with E-state index in [1.54, 1.807) is 29.2 Å². The zero-order valence-electron chi connectivity index (χ0n) is 11.9. The highest BCUT2D eigenvalue weighted by Gasteiger charge is 2.21. The van der Waals surface area contributed by atoms with Gasteiger partial charge in [0.05, 0.1) is 13.5 Å². The molecule has 110 valence electrons. The van der Waals surface area contributed by atoms with Crippen LogP contribution in [0, 0.1) is 0 Å². The van der Waals surface area contributed by atoms with Crippen molar-refractivity contribution >= 4 is 29.3 Å². The third kappa shape index (κ3) is 4.74. The van der Waals surface area contributed by atoms with E-state index in [2.05, 4.69) is 10.1 Å². The highest BCUT2D eigenvalue weighted by Crippen LogP contribution is 2.15. The van der Waals surface area contributed by atoms with Gasteiger partial charge in [0.1, 0.15) is 0 Å². The Morgan fingerprint density at radius 2 is 1.95 bits per heavy atom. The van der Waals surface area contributed by atoms with E-state index >= 15 is 0 Å². The summed E-state index contributed by atoms with van der Waals surface area (Å²) in [5.41, 5.74) is 0.656. The zero-order chi connectivity index (χ0) is 15.1. The van der Waals surface area contributed by atoms with Gasteiger partial charge in [0.25, 0.3) is 0 Å². The Bertz CT molecular complexity index is 462. The van der Waals surface area contributed by atoms with Crippen LogP contribution in [-0.2, 0) is 9.53 Å². The molecule has 0 saturated heterocycles. The average Bonchev–Trinajstić information content (AvgIpc) is 2.42. The Labute approximate surface area is 123 Å². The van der Waals surface area contributed by atoms with Crippen molar-refractivity contribution in [1.29, 1.82) is 0 Å². The minimum Gasteiger partial charge on any atom is -0.469 e. The van der Waals surface area contributed by atoms with E-state index in [0.717, 1.165) is 0 Å². The molecule has 0 saturated carbocycles. The number of anilines is 1. The van der Waals surface area contributed by atoms with Gasteiger partial charge >= 0.3 is 12.0 Å². The number of amides is 2. The largest absolute Gasteiger partial charge is 0.469 e. The summed E-state index contributed by atoms with van der Waals surface area (Å²) in [5.74, 6) is -0.338. The maximum atomic E-state index is 12.2. The first-order valence-corrected chi connectivity index (χ1v) is 6.75. The summed E-state index contributed by atoms with van der Waals surface area (Å²) in [6, 6.07) is 6.35. The van der Waals surface area contributed by atoms with Crippen LogP contribution in [0.15, 0.2) is 24.3 Å². The highest BCUT2D eigenvalue weighted by atomic mass is 35.5. The summed E-state index contributed by atoms with van der Waals surface area (Å²) in [6.45, 7) is 4.16. The summed E-state index contributed by atoms with van der Waals surface area (Å²) < 4.78 is 4.61. The van der Waals surface area contributed by atoms with Gasteiger partial charge in [-0.3, -0.25) is 4.79 Å². The summed E-state index contributed by atoms with van der Waals surface area (Å²) >= 11 is 5.79. The summed E-state index contributed by atoms with van der Waals surface area (Å²) in [7, 11) is 1.33. The van der Waals surface area contributed by atoms with E-state index in [4.69, 9.17) is 11.6 Å². The number of halogens is 1. The van der Waals surface area contributed by atoms with Gasteiger partial charge in [0, 0.05) is 23.3 Å². The third-order valence-electron chi connectivity index (χ3n) is 2.92. The predicted octanol–water partition coefficient (Wildman–Crippen LogP) is 3.15. The highest BCUT2D eigenvalue weighted by molar-refractivity contribution is 6.30. The quantitative estimate of drug-likeness (QED) is 0.850. The first-order valence-electron chi connectivity index (χ1n) is 6.38. The van der Waals surface area contributed by atoms with Crippen LogP contribution in [-0.4, -0.2) is 36.6 Å². The van der Waals surface area contributed by atoms with Crippen molar-refractivity contribution in [2.24, 2.45) is 0 Å². The van der Waals surface area contributed by atoms with Crippen LogP contribution < -0.4 is 5.32 Å². The van der Waals surface area contributed by atoms with E-state index in [0.29, 0.717) is 17.3 Å². The molecule has 1 atom stereocenters. The molecule has 0 bridgehead atoms. The molecule has 0 spiro atoms. The second kappa shape index (κ2) is 7.75. The van der Waals surface area contributed by atoms with Crippen molar-refractivity contribution in [2.45, 2.75) is 26.3 Å². The molecule has 1 unspecified atom stereocenters. The third-order valence-corrected chi connectivity index (χ3v) is 3.17. The van der Waals surface area contributed by atoms with Gasteiger partial charge in [-0.05, 0) is 38.1 Å². The number of nitrogens with one attached hydrogen (secondary N) is 1. The smallest absolute Gasteiger partial charge is 0.322 e. The Morgan fingerprint density at radius 1 is 1.35 bits per heavy atom. The number of urea groups is 1. The average molecular weight is 299 g/mol. The molecule has 5 nitrogen and oxygen atoms in total. The predicted molar refractivity (Wildman–Crippen MR) is 78.9 cm³/mol. The molecule has 0 aliphatic heterocycles. The molecule has 0 fully saturated rings. The minimum absolute atomic E-state index is 0.165. The Hall–Kier alpha value is -1.75. The molecule has 0 heterocycles. The van der Waals surface area contributed by atoms with Gasteiger partial charge in [-0.2, -0.15) is 0 Å². The molecular formula is C14H19ClN2O3. The lowest BCUT2D eigenvalue weighted by molar-refractivity contribution is -0.141. The Morgan fingerprint density at radius 3 is 2.45 bits per heavy atom. The number of carbonyl (C=O) groups excluding carboxylic acids is 2. The molecule has 0 radical (unpaired) electrons. The van der Waals surface area contributed by atoms with Crippen LogP contribution in [0.3, 0.4) is 0 Å². The molecule has 0 aliphatic carbocycles. The summed E-state index contributed by atoms with van der Waals surface area (Å²) in [5, 5.41) is 3.37. The van der Waals surface area contributed by atoms with Crippen LogP contribution in [0.25, 0.3) is 0 Å². The van der Waals surface area contributed by atoms with Crippen LogP contribution in [0.2, 0.25) is 5.02 Å². The fourth-order valence-electron chi connectivity index (χ4n) is 1.82. The van der Waals surface area contributed by atoms with E-state index in [1.807, 2.05) is 13.8 Å². The van der Waals surface area contributed by atoms with Crippen LogP contribution in [0.4, 0.5) is 10.5 Å². The number of carbonyl (C=O) groups is 2. The molecule has 2 amide bonds. The van der Waals surface area contributed by atoms with Gasteiger partial charge in [0.2, 0.25) is 0 Å². The number of ether oxygens (including phenoxy) is 1. The van der Waals surface area contributed by atoms with E-state index in [1.165, 1.54) is 7.11 Å². The van der Waals surface area contributed by atoms with Crippen molar-refractivity contribution in [3.63, 3.8) is 0 Å². The summed E-state index contributed by atoms with van der Waals surface area (Å²) in [4.78, 5) is 25.0. The molecule has 1 aromatic carbocycles. The Kier molecular flexibility index (Phi) is 6.31.